The Bertz CT molecular complexity index is 1190. The van der Waals surface area contributed by atoms with Crippen molar-refractivity contribution in [2.24, 2.45) is 0 Å². The van der Waals surface area contributed by atoms with Gasteiger partial charge in [0.2, 0.25) is 0 Å². The summed E-state index contributed by atoms with van der Waals surface area (Å²) in [6.07, 6.45) is 9.07. The SMILES string of the molecule is COC(=O)c1cc(C)nn1-c1cnccn1.Cc1cc(C(=O)O)n(-c2cnccn2)n1. The number of aromatic carboxylic acids is 1. The Morgan fingerprint density at radius 2 is 1.32 bits per heavy atom. The molecule has 0 radical (unpaired) electrons. The van der Waals surface area contributed by atoms with Crippen LogP contribution >= 0.6 is 0 Å². The molecule has 0 saturated carbocycles. The van der Waals surface area contributed by atoms with Crippen molar-refractivity contribution >= 4 is 11.9 Å². The molecule has 4 rings (SSSR count). The minimum atomic E-state index is -1.04. The molecule has 4 heterocycles. The van der Waals surface area contributed by atoms with Crippen LogP contribution in [0.5, 0.6) is 0 Å². The summed E-state index contributed by atoms with van der Waals surface area (Å²) < 4.78 is 7.33. The Labute approximate surface area is 176 Å². The molecule has 0 aliphatic carbocycles. The quantitative estimate of drug-likeness (QED) is 0.478. The van der Waals surface area contributed by atoms with Crippen LogP contribution in [-0.4, -0.2) is 63.7 Å². The maximum Gasteiger partial charge on any atom is 0.356 e. The molecule has 0 amide bonds. The van der Waals surface area contributed by atoms with Crippen LogP contribution < -0.4 is 0 Å². The summed E-state index contributed by atoms with van der Waals surface area (Å²) in [5.74, 6) is -0.619. The molecular formula is C19H18N8O4. The second kappa shape index (κ2) is 9.35. The van der Waals surface area contributed by atoms with Crippen molar-refractivity contribution in [2.75, 3.05) is 7.11 Å². The van der Waals surface area contributed by atoms with Crippen LogP contribution in [0.4, 0.5) is 0 Å². The third kappa shape index (κ3) is 4.93. The first kappa shape index (κ1) is 21.2. The molecule has 4 aromatic heterocycles. The van der Waals surface area contributed by atoms with Gasteiger partial charge < -0.3 is 9.84 Å². The average molecular weight is 422 g/mol. The van der Waals surface area contributed by atoms with E-state index >= 15 is 0 Å². The van der Waals surface area contributed by atoms with E-state index in [1.807, 2.05) is 0 Å². The summed E-state index contributed by atoms with van der Waals surface area (Å²) in [7, 11) is 1.33. The number of carbonyl (C=O) groups excluding carboxylic acids is 1. The van der Waals surface area contributed by atoms with E-state index in [1.165, 1.54) is 53.5 Å². The zero-order valence-corrected chi connectivity index (χ0v) is 16.9. The molecule has 0 aliphatic rings. The minimum absolute atomic E-state index is 0.0769. The van der Waals surface area contributed by atoms with E-state index in [2.05, 4.69) is 34.9 Å². The van der Waals surface area contributed by atoms with Gasteiger partial charge in [-0.25, -0.2) is 28.9 Å². The third-order valence-electron chi connectivity index (χ3n) is 3.81. The number of esters is 1. The molecule has 12 nitrogen and oxygen atoms in total. The molecule has 0 atom stereocenters. The fourth-order valence-corrected chi connectivity index (χ4v) is 2.55. The topological polar surface area (TPSA) is 151 Å². The van der Waals surface area contributed by atoms with Gasteiger partial charge in [-0.05, 0) is 26.0 Å². The zero-order valence-electron chi connectivity index (χ0n) is 16.9. The lowest BCUT2D eigenvalue weighted by Crippen LogP contribution is -2.11. The van der Waals surface area contributed by atoms with Crippen LogP contribution in [0.3, 0.4) is 0 Å². The van der Waals surface area contributed by atoms with E-state index in [0.29, 0.717) is 28.7 Å². The van der Waals surface area contributed by atoms with Gasteiger partial charge in [0.15, 0.2) is 23.0 Å². The number of carboxylic acids is 1. The molecule has 0 aliphatic heterocycles. The molecule has 158 valence electrons. The summed E-state index contributed by atoms with van der Waals surface area (Å²) in [4.78, 5) is 38.2. The normalized spacial score (nSPS) is 10.2. The summed E-state index contributed by atoms with van der Waals surface area (Å²) in [6.45, 7) is 3.51. The Hall–Kier alpha value is -4.48. The molecule has 1 N–H and O–H groups in total. The Morgan fingerprint density at radius 1 is 0.839 bits per heavy atom. The molecule has 12 heteroatoms. The summed E-state index contributed by atoms with van der Waals surface area (Å²) in [5, 5.41) is 17.1. The third-order valence-corrected chi connectivity index (χ3v) is 3.81. The van der Waals surface area contributed by atoms with Gasteiger partial charge in [0, 0.05) is 24.8 Å². The molecule has 0 bridgehead atoms. The van der Waals surface area contributed by atoms with Gasteiger partial charge in [0.05, 0.1) is 30.9 Å². The van der Waals surface area contributed by atoms with E-state index in [4.69, 9.17) is 5.11 Å². The molecular weight excluding hydrogens is 404 g/mol. The second-order valence-electron chi connectivity index (χ2n) is 6.09. The van der Waals surface area contributed by atoms with E-state index < -0.39 is 11.9 Å². The number of hydrogen-bond donors (Lipinski definition) is 1. The predicted octanol–water partition coefficient (Wildman–Crippen LogP) is 1.43. The maximum absolute atomic E-state index is 11.5. The molecule has 0 saturated heterocycles. The maximum atomic E-state index is 11.5. The Balaban J connectivity index is 0.000000176. The van der Waals surface area contributed by atoms with Gasteiger partial charge in [-0.3, -0.25) is 9.97 Å². The number of carbonyl (C=O) groups is 2. The highest BCUT2D eigenvalue weighted by atomic mass is 16.5. The second-order valence-corrected chi connectivity index (χ2v) is 6.09. The van der Waals surface area contributed by atoms with Gasteiger partial charge in [0.1, 0.15) is 0 Å². The highest BCUT2D eigenvalue weighted by Crippen LogP contribution is 2.10. The van der Waals surface area contributed by atoms with Crippen molar-refractivity contribution in [1.29, 1.82) is 0 Å². The lowest BCUT2D eigenvalue weighted by atomic mass is 10.4. The van der Waals surface area contributed by atoms with Crippen molar-refractivity contribution in [1.82, 2.24) is 39.5 Å². The average Bonchev–Trinajstić information content (AvgIpc) is 3.38. The van der Waals surface area contributed by atoms with Crippen LogP contribution in [0.25, 0.3) is 11.6 Å². The van der Waals surface area contributed by atoms with E-state index in [1.54, 1.807) is 26.1 Å². The van der Waals surface area contributed by atoms with Crippen molar-refractivity contribution in [3.8, 4) is 11.6 Å². The van der Waals surface area contributed by atoms with Gasteiger partial charge in [-0.2, -0.15) is 10.2 Å². The first-order chi connectivity index (χ1) is 14.9. The number of methoxy groups -OCH3 is 1. The monoisotopic (exact) mass is 422 g/mol. The van der Waals surface area contributed by atoms with Gasteiger partial charge in [-0.1, -0.05) is 0 Å². The molecule has 0 unspecified atom stereocenters. The van der Waals surface area contributed by atoms with Crippen molar-refractivity contribution < 1.29 is 19.4 Å². The van der Waals surface area contributed by atoms with Crippen LogP contribution in [0.1, 0.15) is 32.4 Å². The van der Waals surface area contributed by atoms with E-state index in [9.17, 15) is 9.59 Å². The summed E-state index contributed by atoms with van der Waals surface area (Å²) >= 11 is 0. The van der Waals surface area contributed by atoms with Crippen molar-refractivity contribution in [3.05, 3.63) is 72.1 Å². The smallest absolute Gasteiger partial charge is 0.356 e. The van der Waals surface area contributed by atoms with Gasteiger partial charge in [0.25, 0.3) is 0 Å². The fraction of sp³-hybridized carbons (Fsp3) is 0.158. The molecule has 0 aromatic carbocycles. The Kier molecular flexibility index (Phi) is 6.40. The zero-order chi connectivity index (χ0) is 22.4. The van der Waals surface area contributed by atoms with Crippen LogP contribution in [0.15, 0.2) is 49.3 Å². The molecule has 31 heavy (non-hydrogen) atoms. The van der Waals surface area contributed by atoms with Crippen molar-refractivity contribution in [3.63, 3.8) is 0 Å². The molecule has 0 spiro atoms. The lowest BCUT2D eigenvalue weighted by molar-refractivity contribution is 0.0589. The number of ether oxygens (including phenoxy) is 1. The largest absolute Gasteiger partial charge is 0.477 e. The van der Waals surface area contributed by atoms with E-state index in [-0.39, 0.29) is 5.69 Å². The minimum Gasteiger partial charge on any atom is -0.477 e. The van der Waals surface area contributed by atoms with Gasteiger partial charge in [-0.15, -0.1) is 0 Å². The lowest BCUT2D eigenvalue weighted by Gasteiger charge is -2.03. The number of nitrogens with zero attached hydrogens (tertiary/aromatic N) is 8. The highest BCUT2D eigenvalue weighted by Gasteiger charge is 2.16. The Morgan fingerprint density at radius 3 is 1.74 bits per heavy atom. The van der Waals surface area contributed by atoms with Gasteiger partial charge >= 0.3 is 11.9 Å². The number of rotatable bonds is 4. The van der Waals surface area contributed by atoms with Crippen molar-refractivity contribution in [2.45, 2.75) is 13.8 Å². The van der Waals surface area contributed by atoms with Crippen LogP contribution in [0, 0.1) is 13.8 Å². The fourth-order valence-electron chi connectivity index (χ4n) is 2.55. The first-order valence-electron chi connectivity index (χ1n) is 8.88. The first-order valence-corrected chi connectivity index (χ1v) is 8.88. The number of hydrogen-bond acceptors (Lipinski definition) is 9. The number of aromatic nitrogens is 8. The molecule has 0 fully saturated rings. The number of carboxylic acid groups (broad SMARTS) is 1. The highest BCUT2D eigenvalue weighted by molar-refractivity contribution is 5.88. The standard InChI is InChI=1S/C10H10N4O2.C9H8N4O2/c1-7-5-8(10(15)16-2)14(13-7)9-6-11-3-4-12-9;1-6-4-7(9(14)15)13(12-6)8-5-10-2-3-11-8/h3-6H,1-2H3;2-5H,1H3,(H,14,15). The summed E-state index contributed by atoms with van der Waals surface area (Å²) in [5.41, 5.74) is 1.75. The predicted molar refractivity (Wildman–Crippen MR) is 106 cm³/mol. The molecule has 4 aromatic rings. The van der Waals surface area contributed by atoms with Crippen LogP contribution in [-0.2, 0) is 4.74 Å². The van der Waals surface area contributed by atoms with E-state index in [0.717, 1.165) is 0 Å². The summed E-state index contributed by atoms with van der Waals surface area (Å²) in [6, 6.07) is 3.12. The number of aryl methyl sites for hydroxylation is 2. The van der Waals surface area contributed by atoms with Crippen LogP contribution in [0.2, 0.25) is 0 Å².